The number of aromatic nitrogens is 4. The highest BCUT2D eigenvalue weighted by Gasteiger charge is 2.39. The second kappa shape index (κ2) is 6.90. The van der Waals surface area contributed by atoms with Crippen LogP contribution in [0.1, 0.15) is 17.0 Å². The molecule has 1 aliphatic rings. The van der Waals surface area contributed by atoms with E-state index in [2.05, 4.69) is 25.9 Å². The summed E-state index contributed by atoms with van der Waals surface area (Å²) in [5.74, 6) is 0.0655. The lowest BCUT2D eigenvalue weighted by molar-refractivity contribution is -0.139. The smallest absolute Gasteiger partial charge is 0.315 e. The number of tetrazole rings is 1. The molecule has 0 bridgehead atoms. The number of rotatable bonds is 4. The molecule has 2 heterocycles. The minimum absolute atomic E-state index is 0.196. The molecular formula is C17H15F3N6O2S. The van der Waals surface area contributed by atoms with Crippen molar-refractivity contribution in [1.29, 1.82) is 0 Å². The van der Waals surface area contributed by atoms with Gasteiger partial charge < -0.3 is 5.32 Å². The summed E-state index contributed by atoms with van der Waals surface area (Å²) < 4.78 is 64.9. The van der Waals surface area contributed by atoms with Gasteiger partial charge in [0.15, 0.2) is 0 Å². The average Bonchev–Trinajstić information content (AvgIpc) is 3.12. The van der Waals surface area contributed by atoms with Crippen LogP contribution in [0, 0.1) is 0 Å². The normalized spacial score (nSPS) is 15.3. The summed E-state index contributed by atoms with van der Waals surface area (Å²) in [6.45, 7) is 1.70. The van der Waals surface area contributed by atoms with Gasteiger partial charge in [0.25, 0.3) is 0 Å². The first kappa shape index (κ1) is 19.5. The Morgan fingerprint density at radius 3 is 2.24 bits per heavy atom. The summed E-state index contributed by atoms with van der Waals surface area (Å²) >= 11 is 0. The number of alkyl halides is 3. The minimum atomic E-state index is -4.94. The molecule has 1 saturated heterocycles. The van der Waals surface area contributed by atoms with Crippen LogP contribution < -0.4 is 10.5 Å². The molecule has 1 fully saturated rings. The molecule has 4 N–H and O–H groups in total. The summed E-state index contributed by atoms with van der Waals surface area (Å²) in [7, 11) is -4.77. The fourth-order valence-corrected chi connectivity index (χ4v) is 4.27. The van der Waals surface area contributed by atoms with E-state index in [0.29, 0.717) is 17.5 Å². The number of H-pyrrole nitrogens is 1. The van der Waals surface area contributed by atoms with Crippen molar-refractivity contribution in [3.8, 4) is 22.5 Å². The van der Waals surface area contributed by atoms with Crippen molar-refractivity contribution in [3.63, 3.8) is 0 Å². The number of nitrogens with zero attached hydrogens (tertiary/aromatic N) is 3. The van der Waals surface area contributed by atoms with Crippen molar-refractivity contribution in [1.82, 2.24) is 25.9 Å². The number of benzene rings is 2. The maximum absolute atomic E-state index is 13.5. The van der Waals surface area contributed by atoms with Gasteiger partial charge in [0, 0.05) is 19.0 Å². The van der Waals surface area contributed by atoms with E-state index in [-0.39, 0.29) is 17.0 Å². The monoisotopic (exact) mass is 424 g/mol. The predicted octanol–water partition coefficient (Wildman–Crippen LogP) is 1.89. The first-order valence-corrected chi connectivity index (χ1v) is 10.0. The zero-order chi connectivity index (χ0) is 20.8. The van der Waals surface area contributed by atoms with Crippen LogP contribution in [0.25, 0.3) is 22.5 Å². The molecule has 0 aliphatic carbocycles. The van der Waals surface area contributed by atoms with Gasteiger partial charge in [-0.1, -0.05) is 30.3 Å². The third-order valence-electron chi connectivity index (χ3n) is 4.79. The topological polar surface area (TPSA) is 127 Å². The number of aromatic amines is 1. The Balaban J connectivity index is 1.97. The Labute approximate surface area is 163 Å². The third-order valence-corrected chi connectivity index (χ3v) is 5.78. The third kappa shape index (κ3) is 3.61. The van der Waals surface area contributed by atoms with Crippen LogP contribution in [0.3, 0.4) is 0 Å². The zero-order valence-corrected chi connectivity index (χ0v) is 15.5. The maximum Gasteiger partial charge on any atom is 0.417 e. The molecule has 3 aromatic rings. The van der Waals surface area contributed by atoms with Crippen LogP contribution in [0.4, 0.5) is 13.2 Å². The number of primary sulfonamides is 1. The minimum Gasteiger partial charge on any atom is -0.315 e. The van der Waals surface area contributed by atoms with Gasteiger partial charge in [-0.3, -0.25) is 0 Å². The van der Waals surface area contributed by atoms with E-state index >= 15 is 0 Å². The van der Waals surface area contributed by atoms with Crippen molar-refractivity contribution in [2.45, 2.75) is 17.0 Å². The molecule has 0 amide bonds. The van der Waals surface area contributed by atoms with E-state index in [0.717, 1.165) is 18.7 Å². The molecule has 29 heavy (non-hydrogen) atoms. The highest BCUT2D eigenvalue weighted by molar-refractivity contribution is 7.89. The van der Waals surface area contributed by atoms with Crippen molar-refractivity contribution in [3.05, 3.63) is 47.5 Å². The van der Waals surface area contributed by atoms with E-state index in [9.17, 15) is 21.6 Å². The number of hydrogen-bond acceptors (Lipinski definition) is 6. The molecule has 1 aromatic heterocycles. The van der Waals surface area contributed by atoms with Crippen LogP contribution in [0.2, 0.25) is 0 Å². The predicted molar refractivity (Wildman–Crippen MR) is 97.0 cm³/mol. The van der Waals surface area contributed by atoms with Gasteiger partial charge in [-0.05, 0) is 28.0 Å². The van der Waals surface area contributed by atoms with Crippen LogP contribution in [-0.2, 0) is 16.2 Å². The largest absolute Gasteiger partial charge is 0.417 e. The summed E-state index contributed by atoms with van der Waals surface area (Å²) in [6, 6.07) is 9.02. The Morgan fingerprint density at radius 2 is 1.76 bits per heavy atom. The molecule has 8 nitrogen and oxygen atoms in total. The van der Waals surface area contributed by atoms with Crippen LogP contribution in [-0.4, -0.2) is 42.1 Å². The van der Waals surface area contributed by atoms with Crippen LogP contribution >= 0.6 is 0 Å². The Bertz CT molecular complexity index is 1140. The second-order valence-corrected chi connectivity index (χ2v) is 8.12. The van der Waals surface area contributed by atoms with E-state index in [1.54, 1.807) is 12.1 Å². The van der Waals surface area contributed by atoms with E-state index in [4.69, 9.17) is 5.14 Å². The lowest BCUT2D eigenvalue weighted by Crippen LogP contribution is -2.39. The molecule has 0 saturated carbocycles. The van der Waals surface area contributed by atoms with Gasteiger partial charge in [-0.25, -0.2) is 13.6 Å². The molecule has 152 valence electrons. The quantitative estimate of drug-likeness (QED) is 0.587. The Morgan fingerprint density at radius 1 is 1.07 bits per heavy atom. The number of halogens is 3. The van der Waals surface area contributed by atoms with Crippen molar-refractivity contribution >= 4 is 10.0 Å². The van der Waals surface area contributed by atoms with Gasteiger partial charge in [-0.15, -0.1) is 10.2 Å². The van der Waals surface area contributed by atoms with E-state index in [1.807, 2.05) is 12.1 Å². The van der Waals surface area contributed by atoms with Crippen molar-refractivity contribution in [2.24, 2.45) is 5.14 Å². The lowest BCUT2D eigenvalue weighted by atomic mass is 9.90. The van der Waals surface area contributed by atoms with Gasteiger partial charge in [0.2, 0.25) is 15.8 Å². The zero-order valence-electron chi connectivity index (χ0n) is 14.7. The van der Waals surface area contributed by atoms with Crippen LogP contribution in [0.15, 0.2) is 41.3 Å². The average molecular weight is 424 g/mol. The summed E-state index contributed by atoms with van der Waals surface area (Å²) in [5.41, 5.74) is 0.0307. The molecule has 0 spiro atoms. The van der Waals surface area contributed by atoms with Crippen molar-refractivity contribution in [2.75, 3.05) is 13.1 Å². The Kier molecular flexibility index (Phi) is 4.63. The first-order valence-electron chi connectivity index (χ1n) is 8.48. The summed E-state index contributed by atoms with van der Waals surface area (Å²) in [5, 5.41) is 21.2. The standard InChI is InChI=1S/C17H15F3N6O2S/c18-17(19,20)13-6-5-12(10-3-1-9(2-4-10)11-7-22-8-11)14(15(13)29(21,27)28)16-23-25-26-24-16/h1-6,11,22H,7-8H2,(H2,21,27,28)(H,23,24,25,26). The summed E-state index contributed by atoms with van der Waals surface area (Å²) in [4.78, 5) is -1.09. The highest BCUT2D eigenvalue weighted by atomic mass is 32.2. The van der Waals surface area contributed by atoms with Gasteiger partial charge in [0.05, 0.1) is 11.1 Å². The first-order chi connectivity index (χ1) is 13.7. The summed E-state index contributed by atoms with van der Waals surface area (Å²) in [6.07, 6.45) is -4.94. The molecule has 0 atom stereocenters. The number of nitrogens with one attached hydrogen (secondary N) is 2. The highest BCUT2D eigenvalue weighted by Crippen LogP contribution is 2.43. The molecule has 2 aromatic carbocycles. The Hall–Kier alpha value is -2.83. The molecule has 0 unspecified atom stereocenters. The molecule has 12 heteroatoms. The van der Waals surface area contributed by atoms with Gasteiger partial charge in [0.1, 0.15) is 4.90 Å². The molecule has 4 rings (SSSR count). The van der Waals surface area contributed by atoms with E-state index < -0.39 is 26.7 Å². The molecular weight excluding hydrogens is 409 g/mol. The van der Waals surface area contributed by atoms with Crippen molar-refractivity contribution < 1.29 is 21.6 Å². The SMILES string of the molecule is NS(=O)(=O)c1c(C(F)(F)F)ccc(-c2ccc(C3CNC3)cc2)c1-c1nn[nH]n1. The van der Waals surface area contributed by atoms with Gasteiger partial charge >= 0.3 is 6.18 Å². The fourth-order valence-electron chi connectivity index (χ4n) is 3.29. The lowest BCUT2D eigenvalue weighted by Gasteiger charge is -2.27. The molecule has 1 aliphatic heterocycles. The maximum atomic E-state index is 13.5. The number of nitrogens with two attached hydrogens (primary N) is 1. The number of sulfonamides is 1. The second-order valence-electron chi connectivity index (χ2n) is 6.62. The van der Waals surface area contributed by atoms with E-state index in [1.165, 1.54) is 6.07 Å². The fraction of sp³-hybridized carbons (Fsp3) is 0.235. The van der Waals surface area contributed by atoms with Gasteiger partial charge in [-0.2, -0.15) is 18.4 Å². The molecule has 0 radical (unpaired) electrons. The number of hydrogen-bond donors (Lipinski definition) is 3. The van der Waals surface area contributed by atoms with Crippen LogP contribution in [0.5, 0.6) is 0 Å².